The molecule has 0 bridgehead atoms. The van der Waals surface area contributed by atoms with Gasteiger partial charge in [-0.25, -0.2) is 4.98 Å². The Morgan fingerprint density at radius 2 is 2.33 bits per heavy atom. The molecule has 98 valence electrons. The van der Waals surface area contributed by atoms with Gasteiger partial charge in [-0.1, -0.05) is 6.92 Å². The SMILES string of the molecule is CCc1nc([C@H](C)NC(=O)[C@@H]2C[C@H]2C(=O)O)cs1. The summed E-state index contributed by atoms with van der Waals surface area (Å²) in [6.45, 7) is 3.90. The number of carboxylic acid groups (broad SMARTS) is 1. The molecule has 1 amide bonds. The normalized spacial score (nSPS) is 23.4. The average molecular weight is 268 g/mol. The zero-order valence-corrected chi connectivity index (χ0v) is 11.2. The first-order valence-corrected chi connectivity index (χ1v) is 6.88. The molecular formula is C12H16N2O3S. The molecule has 18 heavy (non-hydrogen) atoms. The average Bonchev–Trinajstić information content (AvgIpc) is 3.00. The van der Waals surface area contributed by atoms with Gasteiger partial charge < -0.3 is 10.4 Å². The number of amides is 1. The van der Waals surface area contributed by atoms with Gasteiger partial charge >= 0.3 is 5.97 Å². The lowest BCUT2D eigenvalue weighted by Crippen LogP contribution is -2.29. The monoisotopic (exact) mass is 268 g/mol. The number of aryl methyl sites for hydroxylation is 1. The largest absolute Gasteiger partial charge is 0.481 e. The van der Waals surface area contributed by atoms with E-state index in [2.05, 4.69) is 10.3 Å². The number of carbonyl (C=O) groups is 2. The first kappa shape index (κ1) is 13.0. The van der Waals surface area contributed by atoms with Crippen LogP contribution in [0.2, 0.25) is 0 Å². The highest BCUT2D eigenvalue weighted by Crippen LogP contribution is 2.39. The number of thiazole rings is 1. The van der Waals surface area contributed by atoms with Crippen LogP contribution in [0.1, 0.15) is 37.0 Å². The van der Waals surface area contributed by atoms with E-state index in [1.165, 1.54) is 0 Å². The lowest BCUT2D eigenvalue weighted by Gasteiger charge is -2.11. The van der Waals surface area contributed by atoms with Crippen molar-refractivity contribution in [2.24, 2.45) is 11.8 Å². The molecule has 0 saturated heterocycles. The number of aromatic nitrogens is 1. The maximum Gasteiger partial charge on any atom is 0.307 e. The van der Waals surface area contributed by atoms with Gasteiger partial charge in [0.1, 0.15) is 0 Å². The number of nitrogens with zero attached hydrogens (tertiary/aromatic N) is 1. The van der Waals surface area contributed by atoms with E-state index in [-0.39, 0.29) is 17.9 Å². The van der Waals surface area contributed by atoms with Gasteiger partial charge in [0.15, 0.2) is 0 Å². The van der Waals surface area contributed by atoms with Gasteiger partial charge in [-0.05, 0) is 19.8 Å². The molecule has 1 aromatic heterocycles. The summed E-state index contributed by atoms with van der Waals surface area (Å²) in [5.74, 6) is -1.93. The molecule has 0 radical (unpaired) electrons. The quantitative estimate of drug-likeness (QED) is 0.850. The van der Waals surface area contributed by atoms with Crippen molar-refractivity contribution in [2.45, 2.75) is 32.7 Å². The molecule has 1 fully saturated rings. The Morgan fingerprint density at radius 1 is 1.61 bits per heavy atom. The lowest BCUT2D eigenvalue weighted by molar-refractivity contribution is -0.140. The third kappa shape index (κ3) is 2.69. The van der Waals surface area contributed by atoms with Crippen LogP contribution in [0.25, 0.3) is 0 Å². The minimum absolute atomic E-state index is 0.163. The van der Waals surface area contributed by atoms with Crippen LogP contribution in [0.4, 0.5) is 0 Å². The number of nitrogens with one attached hydrogen (secondary N) is 1. The van der Waals surface area contributed by atoms with Crippen molar-refractivity contribution in [3.05, 3.63) is 16.1 Å². The minimum Gasteiger partial charge on any atom is -0.481 e. The molecule has 1 aliphatic carbocycles. The number of hydrogen-bond donors (Lipinski definition) is 2. The number of carboxylic acids is 1. The molecule has 1 saturated carbocycles. The predicted molar refractivity (Wildman–Crippen MR) is 67.3 cm³/mol. The Labute approximate surface area is 109 Å². The van der Waals surface area contributed by atoms with Gasteiger partial charge in [0.05, 0.1) is 28.6 Å². The van der Waals surface area contributed by atoms with Gasteiger partial charge in [-0.3, -0.25) is 9.59 Å². The van der Waals surface area contributed by atoms with Crippen LogP contribution in [0.5, 0.6) is 0 Å². The van der Waals surface area contributed by atoms with Crippen LogP contribution in [-0.4, -0.2) is 22.0 Å². The van der Waals surface area contributed by atoms with Crippen molar-refractivity contribution >= 4 is 23.2 Å². The van der Waals surface area contributed by atoms with E-state index in [1.807, 2.05) is 19.2 Å². The van der Waals surface area contributed by atoms with Gasteiger partial charge in [0, 0.05) is 5.38 Å². The standard InChI is InChI=1S/C12H16N2O3S/c1-3-10-14-9(5-18-10)6(2)13-11(15)7-4-8(7)12(16)17/h5-8H,3-4H2,1-2H3,(H,13,15)(H,16,17)/t6-,7+,8+/m0/s1. The second kappa shape index (κ2) is 5.06. The molecule has 0 spiro atoms. The molecule has 6 heteroatoms. The minimum atomic E-state index is -0.885. The van der Waals surface area contributed by atoms with E-state index in [0.717, 1.165) is 17.1 Å². The van der Waals surface area contributed by atoms with Gasteiger partial charge in [0.2, 0.25) is 5.91 Å². The summed E-state index contributed by atoms with van der Waals surface area (Å²) >= 11 is 1.58. The van der Waals surface area contributed by atoms with Gasteiger partial charge in [0.25, 0.3) is 0 Å². The summed E-state index contributed by atoms with van der Waals surface area (Å²) in [6.07, 6.45) is 1.33. The fourth-order valence-corrected chi connectivity index (χ4v) is 2.68. The van der Waals surface area contributed by atoms with Crippen molar-refractivity contribution in [1.82, 2.24) is 10.3 Å². The van der Waals surface area contributed by atoms with E-state index in [1.54, 1.807) is 11.3 Å². The summed E-state index contributed by atoms with van der Waals surface area (Å²) in [5, 5.41) is 14.6. The van der Waals surface area contributed by atoms with E-state index in [4.69, 9.17) is 5.11 Å². The highest BCUT2D eigenvalue weighted by Gasteiger charge is 2.48. The van der Waals surface area contributed by atoms with Gasteiger partial charge in [-0.15, -0.1) is 11.3 Å². The Hall–Kier alpha value is -1.43. The van der Waals surface area contributed by atoms with Crippen LogP contribution in [-0.2, 0) is 16.0 Å². The number of hydrogen-bond acceptors (Lipinski definition) is 4. The number of carbonyl (C=O) groups excluding carboxylic acids is 1. The summed E-state index contributed by atoms with van der Waals surface area (Å²) in [5.41, 5.74) is 0.845. The van der Waals surface area contributed by atoms with Crippen molar-refractivity contribution in [1.29, 1.82) is 0 Å². The molecule has 0 unspecified atom stereocenters. The van der Waals surface area contributed by atoms with Crippen LogP contribution in [0.3, 0.4) is 0 Å². The molecule has 5 nitrogen and oxygen atoms in total. The summed E-state index contributed by atoms with van der Waals surface area (Å²) in [7, 11) is 0. The zero-order valence-electron chi connectivity index (χ0n) is 10.3. The Morgan fingerprint density at radius 3 is 2.83 bits per heavy atom. The third-order valence-electron chi connectivity index (χ3n) is 3.12. The maximum absolute atomic E-state index is 11.8. The van der Waals surface area contributed by atoms with Crippen LogP contribution in [0.15, 0.2) is 5.38 Å². The lowest BCUT2D eigenvalue weighted by atomic mass is 10.2. The van der Waals surface area contributed by atoms with Crippen LogP contribution >= 0.6 is 11.3 Å². The van der Waals surface area contributed by atoms with Gasteiger partial charge in [-0.2, -0.15) is 0 Å². The highest BCUT2D eigenvalue weighted by atomic mass is 32.1. The van der Waals surface area contributed by atoms with Crippen molar-refractivity contribution < 1.29 is 14.7 Å². The van der Waals surface area contributed by atoms with Crippen molar-refractivity contribution in [3.63, 3.8) is 0 Å². The smallest absolute Gasteiger partial charge is 0.307 e. The highest BCUT2D eigenvalue weighted by molar-refractivity contribution is 7.09. The summed E-state index contributed by atoms with van der Waals surface area (Å²) in [6, 6.07) is -0.163. The molecule has 1 heterocycles. The van der Waals surface area contributed by atoms with E-state index in [0.29, 0.717) is 6.42 Å². The van der Waals surface area contributed by atoms with E-state index in [9.17, 15) is 9.59 Å². The Kier molecular flexibility index (Phi) is 3.65. The molecule has 0 aliphatic heterocycles. The second-order valence-electron chi connectivity index (χ2n) is 4.54. The Balaban J connectivity index is 1.90. The number of aliphatic carboxylic acids is 1. The van der Waals surface area contributed by atoms with E-state index < -0.39 is 11.9 Å². The molecule has 2 N–H and O–H groups in total. The van der Waals surface area contributed by atoms with E-state index >= 15 is 0 Å². The molecular weight excluding hydrogens is 252 g/mol. The second-order valence-corrected chi connectivity index (χ2v) is 5.48. The first-order chi connectivity index (χ1) is 8.52. The molecule has 2 rings (SSSR count). The molecule has 1 aromatic rings. The summed E-state index contributed by atoms with van der Waals surface area (Å²) < 4.78 is 0. The summed E-state index contributed by atoms with van der Waals surface area (Å²) in [4.78, 5) is 26.9. The number of rotatable bonds is 5. The third-order valence-corrected chi connectivity index (χ3v) is 4.13. The fourth-order valence-electron chi connectivity index (χ4n) is 1.84. The predicted octanol–water partition coefficient (Wildman–Crippen LogP) is 1.60. The topological polar surface area (TPSA) is 79.3 Å². The van der Waals surface area contributed by atoms with Crippen LogP contribution < -0.4 is 5.32 Å². The van der Waals surface area contributed by atoms with Crippen LogP contribution in [0, 0.1) is 11.8 Å². The van der Waals surface area contributed by atoms with Crippen molar-refractivity contribution in [2.75, 3.05) is 0 Å². The zero-order chi connectivity index (χ0) is 13.3. The first-order valence-electron chi connectivity index (χ1n) is 6.00. The maximum atomic E-state index is 11.8. The molecule has 3 atom stereocenters. The fraction of sp³-hybridized carbons (Fsp3) is 0.583. The van der Waals surface area contributed by atoms with Crippen molar-refractivity contribution in [3.8, 4) is 0 Å². The molecule has 0 aromatic carbocycles. The molecule has 1 aliphatic rings. The Bertz CT molecular complexity index is 472.